The number of hydrogen-bond donors (Lipinski definition) is 1. The van der Waals surface area contributed by atoms with Crippen LogP contribution in [-0.2, 0) is 9.59 Å². The monoisotopic (exact) mass is 323 g/mol. The fourth-order valence-electron chi connectivity index (χ4n) is 3.08. The number of nitrogens with zero attached hydrogens (tertiary/aromatic N) is 2. The molecular formula is C19H21N3O2. The largest absolute Gasteiger partial charge is 0.327 e. The van der Waals surface area contributed by atoms with Crippen LogP contribution in [0, 0.1) is 13.8 Å². The molecule has 1 saturated heterocycles. The first-order chi connectivity index (χ1) is 11.6. The lowest BCUT2D eigenvalue weighted by molar-refractivity contribution is -0.143. The van der Waals surface area contributed by atoms with Gasteiger partial charge in [-0.3, -0.25) is 14.6 Å². The maximum Gasteiger partial charge on any atom is 0.313 e. The smallest absolute Gasteiger partial charge is 0.313 e. The predicted octanol–water partition coefficient (Wildman–Crippen LogP) is 3.00. The van der Waals surface area contributed by atoms with Gasteiger partial charge in [-0.1, -0.05) is 18.2 Å². The van der Waals surface area contributed by atoms with Gasteiger partial charge in [0.05, 0.1) is 17.9 Å². The molecule has 0 radical (unpaired) electrons. The minimum Gasteiger partial charge on any atom is -0.327 e. The van der Waals surface area contributed by atoms with Crippen LogP contribution < -0.4 is 5.32 Å². The third-order valence-corrected chi connectivity index (χ3v) is 4.54. The van der Waals surface area contributed by atoms with Gasteiger partial charge in [-0.05, 0) is 55.5 Å². The maximum absolute atomic E-state index is 12.6. The van der Waals surface area contributed by atoms with Crippen molar-refractivity contribution in [1.82, 2.24) is 9.88 Å². The Morgan fingerprint density at radius 1 is 1.21 bits per heavy atom. The summed E-state index contributed by atoms with van der Waals surface area (Å²) in [5.41, 5.74) is 4.05. The summed E-state index contributed by atoms with van der Waals surface area (Å²) in [5.74, 6) is -1.10. The Morgan fingerprint density at radius 3 is 2.75 bits per heavy atom. The van der Waals surface area contributed by atoms with Gasteiger partial charge in [0.2, 0.25) is 0 Å². The Labute approximate surface area is 141 Å². The molecule has 3 rings (SSSR count). The van der Waals surface area contributed by atoms with Gasteiger partial charge in [0.15, 0.2) is 0 Å². The predicted molar refractivity (Wildman–Crippen MR) is 92.5 cm³/mol. The molecule has 0 unspecified atom stereocenters. The number of likely N-dealkylation sites (tertiary alicyclic amines) is 1. The summed E-state index contributed by atoms with van der Waals surface area (Å²) in [6, 6.07) is 9.64. The molecule has 1 aromatic heterocycles. The van der Waals surface area contributed by atoms with Crippen LogP contribution in [0.25, 0.3) is 0 Å². The second-order valence-electron chi connectivity index (χ2n) is 6.20. The number of aryl methyl sites for hydroxylation is 2. The van der Waals surface area contributed by atoms with Crippen LogP contribution in [0.1, 0.15) is 35.6 Å². The molecule has 124 valence electrons. The summed E-state index contributed by atoms with van der Waals surface area (Å²) in [6.07, 6.45) is 4.93. The van der Waals surface area contributed by atoms with Crippen molar-refractivity contribution in [2.24, 2.45) is 0 Å². The van der Waals surface area contributed by atoms with Crippen LogP contribution in [0.2, 0.25) is 0 Å². The molecule has 1 aliphatic rings. The Hall–Kier alpha value is -2.69. The van der Waals surface area contributed by atoms with Crippen LogP contribution >= 0.6 is 0 Å². The van der Waals surface area contributed by atoms with Crippen LogP contribution in [0.5, 0.6) is 0 Å². The molecular weight excluding hydrogens is 302 g/mol. The lowest BCUT2D eigenvalue weighted by Crippen LogP contribution is -2.39. The zero-order chi connectivity index (χ0) is 17.1. The molecule has 1 aromatic carbocycles. The number of pyridine rings is 1. The Bertz CT molecular complexity index is 758. The number of amides is 2. The number of hydrogen-bond acceptors (Lipinski definition) is 3. The lowest BCUT2D eigenvalue weighted by Gasteiger charge is -2.25. The van der Waals surface area contributed by atoms with E-state index in [0.717, 1.165) is 18.4 Å². The maximum atomic E-state index is 12.6. The van der Waals surface area contributed by atoms with E-state index in [2.05, 4.69) is 42.3 Å². The molecule has 2 amide bonds. The first kappa shape index (κ1) is 16.2. The molecule has 2 heterocycles. The van der Waals surface area contributed by atoms with Gasteiger partial charge in [0.25, 0.3) is 0 Å². The fraction of sp³-hybridized carbons (Fsp3) is 0.316. The Morgan fingerprint density at radius 2 is 2.04 bits per heavy atom. The van der Waals surface area contributed by atoms with Crippen molar-refractivity contribution in [3.05, 3.63) is 59.4 Å². The van der Waals surface area contributed by atoms with E-state index in [1.165, 1.54) is 17.3 Å². The number of benzene rings is 1. The summed E-state index contributed by atoms with van der Waals surface area (Å²) in [5, 5.41) is 2.62. The molecule has 0 bridgehead atoms. The summed E-state index contributed by atoms with van der Waals surface area (Å²) in [6.45, 7) is 4.74. The second-order valence-corrected chi connectivity index (χ2v) is 6.20. The Kier molecular flexibility index (Phi) is 4.60. The van der Waals surface area contributed by atoms with Gasteiger partial charge in [0, 0.05) is 12.7 Å². The van der Waals surface area contributed by atoms with Crippen molar-refractivity contribution < 1.29 is 9.59 Å². The van der Waals surface area contributed by atoms with E-state index in [0.29, 0.717) is 12.2 Å². The quantitative estimate of drug-likeness (QED) is 0.864. The van der Waals surface area contributed by atoms with Gasteiger partial charge in [-0.25, -0.2) is 0 Å². The molecule has 1 fully saturated rings. The van der Waals surface area contributed by atoms with E-state index in [-0.39, 0.29) is 6.04 Å². The van der Waals surface area contributed by atoms with E-state index in [1.807, 2.05) is 0 Å². The number of aromatic nitrogens is 1. The second kappa shape index (κ2) is 6.83. The first-order valence-corrected chi connectivity index (χ1v) is 8.15. The SMILES string of the molecule is Cc1ccc([C@H]2CCCN2C(=O)C(=O)Nc2cccnc2)cc1C. The van der Waals surface area contributed by atoms with Crippen LogP contribution in [0.15, 0.2) is 42.7 Å². The van der Waals surface area contributed by atoms with E-state index in [9.17, 15) is 9.59 Å². The molecule has 1 aliphatic heterocycles. The average Bonchev–Trinajstić information content (AvgIpc) is 3.07. The summed E-state index contributed by atoms with van der Waals surface area (Å²) in [7, 11) is 0. The molecule has 0 saturated carbocycles. The number of carbonyl (C=O) groups is 2. The molecule has 24 heavy (non-hydrogen) atoms. The molecule has 1 atom stereocenters. The number of carbonyl (C=O) groups excluding carboxylic acids is 2. The molecule has 1 N–H and O–H groups in total. The highest BCUT2D eigenvalue weighted by atomic mass is 16.2. The highest BCUT2D eigenvalue weighted by Gasteiger charge is 2.33. The minimum absolute atomic E-state index is 0.0311. The third kappa shape index (κ3) is 3.30. The highest BCUT2D eigenvalue weighted by molar-refractivity contribution is 6.39. The summed E-state index contributed by atoms with van der Waals surface area (Å²) < 4.78 is 0. The molecule has 5 heteroatoms. The number of anilines is 1. The summed E-state index contributed by atoms with van der Waals surface area (Å²) >= 11 is 0. The van der Waals surface area contributed by atoms with Gasteiger partial charge < -0.3 is 10.2 Å². The van der Waals surface area contributed by atoms with E-state index < -0.39 is 11.8 Å². The van der Waals surface area contributed by atoms with E-state index >= 15 is 0 Å². The van der Waals surface area contributed by atoms with Gasteiger partial charge in [-0.15, -0.1) is 0 Å². The lowest BCUT2D eigenvalue weighted by atomic mass is 9.99. The highest BCUT2D eigenvalue weighted by Crippen LogP contribution is 2.33. The van der Waals surface area contributed by atoms with Gasteiger partial charge in [0.1, 0.15) is 0 Å². The van der Waals surface area contributed by atoms with Crippen LogP contribution in [0.4, 0.5) is 5.69 Å². The van der Waals surface area contributed by atoms with Crippen LogP contribution in [-0.4, -0.2) is 28.2 Å². The van der Waals surface area contributed by atoms with Crippen molar-refractivity contribution in [3.8, 4) is 0 Å². The molecule has 5 nitrogen and oxygen atoms in total. The average molecular weight is 323 g/mol. The number of nitrogens with one attached hydrogen (secondary N) is 1. The van der Waals surface area contributed by atoms with Crippen LogP contribution in [0.3, 0.4) is 0 Å². The first-order valence-electron chi connectivity index (χ1n) is 8.15. The fourth-order valence-corrected chi connectivity index (χ4v) is 3.08. The van der Waals surface area contributed by atoms with Crippen molar-refractivity contribution in [2.75, 3.05) is 11.9 Å². The van der Waals surface area contributed by atoms with Crippen molar-refractivity contribution in [3.63, 3.8) is 0 Å². The van der Waals surface area contributed by atoms with Crippen molar-refractivity contribution >= 4 is 17.5 Å². The molecule has 0 aliphatic carbocycles. The Balaban J connectivity index is 1.75. The number of rotatable bonds is 2. The zero-order valence-electron chi connectivity index (χ0n) is 14.0. The minimum atomic E-state index is -0.612. The van der Waals surface area contributed by atoms with Gasteiger partial charge >= 0.3 is 11.8 Å². The zero-order valence-corrected chi connectivity index (χ0v) is 14.0. The standard InChI is InChI=1S/C19H21N3O2/c1-13-7-8-15(11-14(13)2)17-6-4-10-22(17)19(24)18(23)21-16-5-3-9-20-12-16/h3,5,7-9,11-12,17H,4,6,10H2,1-2H3,(H,21,23)/t17-/m1/s1. The normalized spacial score (nSPS) is 16.9. The van der Waals surface area contributed by atoms with E-state index in [4.69, 9.17) is 0 Å². The summed E-state index contributed by atoms with van der Waals surface area (Å²) in [4.78, 5) is 30.5. The van der Waals surface area contributed by atoms with Gasteiger partial charge in [-0.2, -0.15) is 0 Å². The van der Waals surface area contributed by atoms with Crippen molar-refractivity contribution in [2.45, 2.75) is 32.7 Å². The third-order valence-electron chi connectivity index (χ3n) is 4.54. The van der Waals surface area contributed by atoms with Crippen molar-refractivity contribution in [1.29, 1.82) is 0 Å². The topological polar surface area (TPSA) is 62.3 Å². The molecule has 0 spiro atoms. The van der Waals surface area contributed by atoms with E-state index in [1.54, 1.807) is 23.2 Å². The molecule has 2 aromatic rings.